The molecule has 0 aliphatic carbocycles. The zero-order valence-corrected chi connectivity index (χ0v) is 9.29. The summed E-state index contributed by atoms with van der Waals surface area (Å²) in [6.45, 7) is 0.288. The maximum absolute atomic E-state index is 13.4. The van der Waals surface area contributed by atoms with E-state index >= 15 is 0 Å². The summed E-state index contributed by atoms with van der Waals surface area (Å²) in [5.74, 6) is -2.00. The molecule has 4 nitrogen and oxygen atoms in total. The van der Waals surface area contributed by atoms with Gasteiger partial charge in [0.1, 0.15) is 6.61 Å². The number of halogens is 2. The molecule has 0 aliphatic heterocycles. The lowest BCUT2D eigenvalue weighted by Crippen LogP contribution is -2.11. The Balaban J connectivity index is 2.53. The molecule has 1 aromatic carbocycles. The molecule has 0 heterocycles. The largest absolute Gasteiger partial charge is 0.485 e. The van der Waals surface area contributed by atoms with Crippen molar-refractivity contribution in [2.24, 2.45) is 5.73 Å². The molecule has 0 radical (unpaired) electrons. The van der Waals surface area contributed by atoms with Crippen molar-refractivity contribution < 1.29 is 23.4 Å². The van der Waals surface area contributed by atoms with Gasteiger partial charge in [-0.2, -0.15) is 0 Å². The number of hydrogen-bond acceptors (Lipinski definition) is 4. The average Bonchev–Trinajstić information content (AvgIpc) is 2.31. The van der Waals surface area contributed by atoms with Crippen LogP contribution in [0.2, 0.25) is 0 Å². The molecule has 1 rings (SSSR count). The zero-order chi connectivity index (χ0) is 12.7. The van der Waals surface area contributed by atoms with E-state index in [0.29, 0.717) is 5.56 Å². The molecule has 0 unspecified atom stereocenters. The zero-order valence-electron chi connectivity index (χ0n) is 9.29. The Hall–Kier alpha value is -1.24. The van der Waals surface area contributed by atoms with Crippen LogP contribution in [0.3, 0.4) is 0 Å². The number of aliphatic hydroxyl groups excluding tert-OH is 1. The van der Waals surface area contributed by atoms with E-state index in [1.807, 2.05) is 0 Å². The standard InChI is InChI=1S/C11H15F2NO3/c12-9-5-8(7-14)6-10(13)11(9)17-4-3-16-2-1-15/h5-6,15H,1-4,7,14H2. The van der Waals surface area contributed by atoms with Crippen LogP contribution in [0.25, 0.3) is 0 Å². The van der Waals surface area contributed by atoms with Crippen LogP contribution in [0.1, 0.15) is 5.56 Å². The molecular weight excluding hydrogens is 232 g/mol. The number of ether oxygens (including phenoxy) is 2. The minimum absolute atomic E-state index is 0.00973. The smallest absolute Gasteiger partial charge is 0.190 e. The van der Waals surface area contributed by atoms with Crippen molar-refractivity contribution in [2.45, 2.75) is 6.54 Å². The number of aliphatic hydroxyl groups is 1. The molecule has 17 heavy (non-hydrogen) atoms. The molecule has 0 saturated heterocycles. The average molecular weight is 247 g/mol. The van der Waals surface area contributed by atoms with E-state index < -0.39 is 17.4 Å². The second-order valence-electron chi connectivity index (χ2n) is 3.28. The lowest BCUT2D eigenvalue weighted by molar-refractivity contribution is 0.0686. The van der Waals surface area contributed by atoms with E-state index in [1.165, 1.54) is 0 Å². The van der Waals surface area contributed by atoms with Gasteiger partial charge in [-0.15, -0.1) is 0 Å². The third-order valence-electron chi connectivity index (χ3n) is 2.00. The summed E-state index contributed by atoms with van der Waals surface area (Å²) < 4.78 is 36.5. The molecule has 0 spiro atoms. The SMILES string of the molecule is NCc1cc(F)c(OCCOCCO)c(F)c1. The van der Waals surface area contributed by atoms with Gasteiger partial charge >= 0.3 is 0 Å². The molecule has 0 fully saturated rings. The number of nitrogens with two attached hydrogens (primary N) is 1. The van der Waals surface area contributed by atoms with Crippen LogP contribution < -0.4 is 10.5 Å². The maximum Gasteiger partial charge on any atom is 0.190 e. The molecule has 3 N–H and O–H groups in total. The van der Waals surface area contributed by atoms with Crippen LogP contribution in [0.15, 0.2) is 12.1 Å². The third kappa shape index (κ3) is 4.26. The van der Waals surface area contributed by atoms with Gasteiger partial charge in [-0.25, -0.2) is 8.78 Å². The molecule has 6 heteroatoms. The predicted octanol–water partition coefficient (Wildman–Crippen LogP) is 0.811. The summed E-state index contributed by atoms with van der Waals surface area (Å²) in [6, 6.07) is 2.26. The Morgan fingerprint density at radius 1 is 1.12 bits per heavy atom. The maximum atomic E-state index is 13.4. The first kappa shape index (κ1) is 13.8. The van der Waals surface area contributed by atoms with E-state index in [9.17, 15) is 8.78 Å². The van der Waals surface area contributed by atoms with Gasteiger partial charge in [0.25, 0.3) is 0 Å². The first-order valence-corrected chi connectivity index (χ1v) is 5.18. The fraction of sp³-hybridized carbons (Fsp3) is 0.455. The fourth-order valence-corrected chi connectivity index (χ4v) is 1.24. The highest BCUT2D eigenvalue weighted by Gasteiger charge is 2.11. The highest BCUT2D eigenvalue weighted by Crippen LogP contribution is 2.23. The van der Waals surface area contributed by atoms with Gasteiger partial charge < -0.3 is 20.3 Å². The summed E-state index contributed by atoms with van der Waals surface area (Å²) in [6.07, 6.45) is 0. The molecule has 0 bridgehead atoms. The molecule has 0 atom stereocenters. The lowest BCUT2D eigenvalue weighted by Gasteiger charge is -2.09. The summed E-state index contributed by atoms with van der Waals surface area (Å²) in [7, 11) is 0. The van der Waals surface area contributed by atoms with Crippen molar-refractivity contribution in [1.29, 1.82) is 0 Å². The van der Waals surface area contributed by atoms with Crippen molar-refractivity contribution in [1.82, 2.24) is 0 Å². The van der Waals surface area contributed by atoms with E-state index in [-0.39, 0.29) is 33.0 Å². The minimum atomic E-state index is -0.785. The lowest BCUT2D eigenvalue weighted by atomic mass is 10.2. The normalized spacial score (nSPS) is 10.6. The first-order valence-electron chi connectivity index (χ1n) is 5.18. The third-order valence-corrected chi connectivity index (χ3v) is 2.00. The second-order valence-corrected chi connectivity index (χ2v) is 3.28. The van der Waals surface area contributed by atoms with Gasteiger partial charge in [-0.05, 0) is 17.7 Å². The van der Waals surface area contributed by atoms with Crippen molar-refractivity contribution in [2.75, 3.05) is 26.4 Å². The van der Waals surface area contributed by atoms with E-state index in [4.69, 9.17) is 20.3 Å². The van der Waals surface area contributed by atoms with Gasteiger partial charge in [0.05, 0.1) is 19.8 Å². The van der Waals surface area contributed by atoms with Gasteiger partial charge in [0, 0.05) is 6.54 Å². The fourth-order valence-electron chi connectivity index (χ4n) is 1.24. The van der Waals surface area contributed by atoms with Crippen molar-refractivity contribution in [3.05, 3.63) is 29.3 Å². The van der Waals surface area contributed by atoms with E-state index in [1.54, 1.807) is 0 Å². The van der Waals surface area contributed by atoms with Crippen LogP contribution >= 0.6 is 0 Å². The Morgan fingerprint density at radius 2 is 1.76 bits per heavy atom. The van der Waals surface area contributed by atoms with Crippen LogP contribution in [0.4, 0.5) is 8.78 Å². The van der Waals surface area contributed by atoms with Gasteiger partial charge in [0.15, 0.2) is 17.4 Å². The quantitative estimate of drug-likeness (QED) is 0.700. The van der Waals surface area contributed by atoms with Crippen LogP contribution in [-0.2, 0) is 11.3 Å². The highest BCUT2D eigenvalue weighted by molar-refractivity contribution is 5.31. The Labute approximate surface area is 97.9 Å². The van der Waals surface area contributed by atoms with Crippen molar-refractivity contribution >= 4 is 0 Å². The molecule has 1 aromatic rings. The summed E-state index contributed by atoms with van der Waals surface area (Å²) in [5, 5.41) is 8.43. The topological polar surface area (TPSA) is 64.7 Å². The van der Waals surface area contributed by atoms with Crippen molar-refractivity contribution in [3.63, 3.8) is 0 Å². The van der Waals surface area contributed by atoms with Crippen LogP contribution in [0.5, 0.6) is 5.75 Å². The Morgan fingerprint density at radius 3 is 2.29 bits per heavy atom. The summed E-state index contributed by atoms with van der Waals surface area (Å²) in [4.78, 5) is 0. The molecule has 0 aromatic heterocycles. The molecule has 0 amide bonds. The predicted molar refractivity (Wildman–Crippen MR) is 57.6 cm³/mol. The van der Waals surface area contributed by atoms with Crippen molar-refractivity contribution in [3.8, 4) is 5.75 Å². The summed E-state index contributed by atoms with van der Waals surface area (Å²) >= 11 is 0. The monoisotopic (exact) mass is 247 g/mol. The number of benzene rings is 1. The highest BCUT2D eigenvalue weighted by atomic mass is 19.1. The number of rotatable bonds is 7. The molecule has 96 valence electrons. The van der Waals surface area contributed by atoms with Gasteiger partial charge in [-0.1, -0.05) is 0 Å². The number of hydrogen-bond donors (Lipinski definition) is 2. The van der Waals surface area contributed by atoms with E-state index in [0.717, 1.165) is 12.1 Å². The van der Waals surface area contributed by atoms with Crippen LogP contribution in [-0.4, -0.2) is 31.5 Å². The van der Waals surface area contributed by atoms with Gasteiger partial charge in [-0.3, -0.25) is 0 Å². The Kier molecular flexibility index (Phi) is 5.82. The Bertz CT molecular complexity index is 338. The summed E-state index contributed by atoms with van der Waals surface area (Å²) in [5.41, 5.74) is 5.64. The van der Waals surface area contributed by atoms with E-state index in [2.05, 4.69) is 0 Å². The first-order chi connectivity index (χ1) is 8.19. The van der Waals surface area contributed by atoms with Crippen LogP contribution in [0, 0.1) is 11.6 Å². The molecular formula is C11H15F2NO3. The molecule has 0 aliphatic rings. The molecule has 0 saturated carbocycles. The van der Waals surface area contributed by atoms with Gasteiger partial charge in [0.2, 0.25) is 0 Å². The minimum Gasteiger partial charge on any atom is -0.485 e. The second kappa shape index (κ2) is 7.16.